The van der Waals surface area contributed by atoms with Crippen LogP contribution in [0.2, 0.25) is 0 Å². The molecule has 0 aromatic carbocycles. The van der Waals surface area contributed by atoms with Crippen molar-refractivity contribution in [2.75, 3.05) is 6.54 Å². The van der Waals surface area contributed by atoms with Crippen LogP contribution in [-0.4, -0.2) is 17.6 Å². The number of carbonyl (C=O) groups excluding carboxylic acids is 1. The topological polar surface area (TPSA) is 49.3 Å². The Morgan fingerprint density at radius 3 is 2.83 bits per heavy atom. The van der Waals surface area contributed by atoms with Gasteiger partial charge in [0.05, 0.1) is 19.2 Å². The Morgan fingerprint density at radius 1 is 1.50 bits per heavy atom. The van der Waals surface area contributed by atoms with Crippen molar-refractivity contribution in [2.24, 2.45) is 0 Å². The first-order chi connectivity index (χ1) is 8.58. The van der Waals surface area contributed by atoms with Crippen LogP contribution in [0, 0.1) is 0 Å². The minimum absolute atomic E-state index is 0.196. The Labute approximate surface area is 129 Å². The zero-order valence-corrected chi connectivity index (χ0v) is 13.8. The SMILES string of the molecule is O=C(NCC(O)c1ccsc1)c1cc(Br)sc1Br. The Balaban J connectivity index is 1.94. The van der Waals surface area contributed by atoms with Gasteiger partial charge in [0.15, 0.2) is 0 Å². The number of hydrogen-bond acceptors (Lipinski definition) is 4. The van der Waals surface area contributed by atoms with E-state index in [1.165, 1.54) is 22.7 Å². The van der Waals surface area contributed by atoms with Gasteiger partial charge >= 0.3 is 0 Å². The summed E-state index contributed by atoms with van der Waals surface area (Å²) in [5.41, 5.74) is 1.40. The lowest BCUT2D eigenvalue weighted by Gasteiger charge is -2.10. The van der Waals surface area contributed by atoms with Gasteiger partial charge < -0.3 is 10.4 Å². The lowest BCUT2D eigenvalue weighted by molar-refractivity contribution is 0.0916. The standard InChI is InChI=1S/C11H9Br2NO2S2/c12-9-3-7(10(13)18-9)11(16)14-4-8(15)6-1-2-17-5-6/h1-3,5,8,15H,4H2,(H,14,16). The third kappa shape index (κ3) is 3.42. The molecule has 2 rings (SSSR count). The second kappa shape index (κ2) is 6.29. The van der Waals surface area contributed by atoms with Crippen LogP contribution in [0.4, 0.5) is 0 Å². The highest BCUT2D eigenvalue weighted by Crippen LogP contribution is 2.31. The average molecular weight is 411 g/mol. The van der Waals surface area contributed by atoms with E-state index in [9.17, 15) is 9.90 Å². The summed E-state index contributed by atoms with van der Waals surface area (Å²) in [4.78, 5) is 11.9. The third-order valence-corrected chi connectivity index (χ3v) is 5.33. The molecule has 2 aromatic heterocycles. The van der Waals surface area contributed by atoms with Gasteiger partial charge in [-0.25, -0.2) is 0 Å². The van der Waals surface area contributed by atoms with E-state index in [0.717, 1.165) is 13.1 Å². The molecule has 18 heavy (non-hydrogen) atoms. The largest absolute Gasteiger partial charge is 0.387 e. The van der Waals surface area contributed by atoms with Gasteiger partial charge in [-0.1, -0.05) is 0 Å². The summed E-state index contributed by atoms with van der Waals surface area (Å²) < 4.78 is 1.66. The summed E-state index contributed by atoms with van der Waals surface area (Å²) in [6, 6.07) is 3.60. The molecule has 1 amide bonds. The Hall–Kier alpha value is -0.210. The Kier molecular flexibility index (Phi) is 4.97. The molecule has 1 atom stereocenters. The molecule has 96 valence electrons. The van der Waals surface area contributed by atoms with Crippen LogP contribution in [0.25, 0.3) is 0 Å². The number of amides is 1. The number of hydrogen-bond donors (Lipinski definition) is 2. The highest BCUT2D eigenvalue weighted by atomic mass is 79.9. The van der Waals surface area contributed by atoms with E-state index in [4.69, 9.17) is 0 Å². The summed E-state index contributed by atoms with van der Waals surface area (Å²) in [6.07, 6.45) is -0.666. The lowest BCUT2D eigenvalue weighted by atomic mass is 10.2. The van der Waals surface area contributed by atoms with Crippen molar-refractivity contribution in [3.05, 3.63) is 41.6 Å². The van der Waals surface area contributed by atoms with Crippen molar-refractivity contribution >= 4 is 60.4 Å². The Morgan fingerprint density at radius 2 is 2.28 bits per heavy atom. The molecule has 0 saturated carbocycles. The van der Waals surface area contributed by atoms with Crippen LogP contribution in [0.1, 0.15) is 22.0 Å². The van der Waals surface area contributed by atoms with E-state index in [-0.39, 0.29) is 12.5 Å². The second-order valence-corrected chi connectivity index (χ2v) is 8.05. The molecule has 2 heterocycles. The molecule has 0 radical (unpaired) electrons. The molecule has 0 aliphatic rings. The first-order valence-electron chi connectivity index (χ1n) is 5.01. The number of halogens is 2. The van der Waals surface area contributed by atoms with E-state index in [1.807, 2.05) is 16.8 Å². The van der Waals surface area contributed by atoms with E-state index < -0.39 is 6.10 Å². The second-order valence-electron chi connectivity index (χ2n) is 3.52. The number of aliphatic hydroxyl groups excluding tert-OH is 1. The predicted molar refractivity (Wildman–Crippen MR) is 81.3 cm³/mol. The molecule has 0 spiro atoms. The van der Waals surface area contributed by atoms with Gasteiger partial charge in [-0.2, -0.15) is 11.3 Å². The van der Waals surface area contributed by atoms with Crippen molar-refractivity contribution in [1.29, 1.82) is 0 Å². The molecular formula is C11H9Br2NO2S2. The van der Waals surface area contributed by atoms with Crippen molar-refractivity contribution in [3.8, 4) is 0 Å². The van der Waals surface area contributed by atoms with Gasteiger partial charge in [0.25, 0.3) is 5.91 Å². The molecule has 2 aromatic rings. The van der Waals surface area contributed by atoms with Crippen LogP contribution >= 0.6 is 54.5 Å². The van der Waals surface area contributed by atoms with E-state index in [2.05, 4.69) is 37.2 Å². The fraction of sp³-hybridized carbons (Fsp3) is 0.182. The maximum absolute atomic E-state index is 11.9. The number of nitrogens with one attached hydrogen (secondary N) is 1. The van der Waals surface area contributed by atoms with E-state index in [1.54, 1.807) is 6.07 Å². The van der Waals surface area contributed by atoms with E-state index >= 15 is 0 Å². The molecular weight excluding hydrogens is 402 g/mol. The number of rotatable bonds is 4. The number of thiophene rings is 2. The average Bonchev–Trinajstić information content (AvgIpc) is 2.95. The molecule has 1 unspecified atom stereocenters. The highest BCUT2D eigenvalue weighted by molar-refractivity contribution is 9.12. The lowest BCUT2D eigenvalue weighted by Crippen LogP contribution is -2.28. The van der Waals surface area contributed by atoms with Gasteiger partial charge in [-0.3, -0.25) is 4.79 Å². The quantitative estimate of drug-likeness (QED) is 0.805. The minimum atomic E-state index is -0.666. The van der Waals surface area contributed by atoms with Crippen LogP contribution in [0.5, 0.6) is 0 Å². The minimum Gasteiger partial charge on any atom is -0.387 e. The van der Waals surface area contributed by atoms with Crippen LogP contribution in [0.3, 0.4) is 0 Å². The highest BCUT2D eigenvalue weighted by Gasteiger charge is 2.15. The van der Waals surface area contributed by atoms with Gasteiger partial charge in [0.1, 0.15) is 0 Å². The molecule has 3 nitrogen and oxygen atoms in total. The maximum atomic E-state index is 11.9. The van der Waals surface area contributed by atoms with Gasteiger partial charge in [0.2, 0.25) is 0 Å². The van der Waals surface area contributed by atoms with Crippen molar-refractivity contribution in [3.63, 3.8) is 0 Å². The Bertz CT molecular complexity index is 539. The van der Waals surface area contributed by atoms with Crippen LogP contribution < -0.4 is 5.32 Å². The fourth-order valence-electron chi connectivity index (χ4n) is 1.36. The summed E-state index contributed by atoms with van der Waals surface area (Å²) in [5, 5.41) is 16.3. The van der Waals surface area contributed by atoms with E-state index in [0.29, 0.717) is 5.56 Å². The first kappa shape index (κ1) is 14.2. The van der Waals surface area contributed by atoms with Gasteiger partial charge in [0, 0.05) is 6.54 Å². The van der Waals surface area contributed by atoms with Gasteiger partial charge in [-0.15, -0.1) is 11.3 Å². The molecule has 0 aliphatic heterocycles. The summed E-state index contributed by atoms with van der Waals surface area (Å²) in [6.45, 7) is 0.204. The van der Waals surface area contributed by atoms with Crippen molar-refractivity contribution in [2.45, 2.75) is 6.10 Å². The third-order valence-electron chi connectivity index (χ3n) is 2.29. The molecule has 0 saturated heterocycles. The zero-order chi connectivity index (χ0) is 13.1. The maximum Gasteiger partial charge on any atom is 0.253 e. The van der Waals surface area contributed by atoms with Gasteiger partial charge in [-0.05, 0) is 60.3 Å². The van der Waals surface area contributed by atoms with Crippen LogP contribution in [-0.2, 0) is 0 Å². The molecule has 7 heteroatoms. The summed E-state index contributed by atoms with van der Waals surface area (Å²) in [7, 11) is 0. The van der Waals surface area contributed by atoms with Crippen molar-refractivity contribution < 1.29 is 9.90 Å². The summed E-state index contributed by atoms with van der Waals surface area (Å²) in [5.74, 6) is -0.196. The normalized spacial score (nSPS) is 12.4. The number of carbonyl (C=O) groups is 1. The number of aliphatic hydroxyl groups is 1. The molecule has 0 fully saturated rings. The monoisotopic (exact) mass is 409 g/mol. The molecule has 0 aliphatic carbocycles. The summed E-state index contributed by atoms with van der Waals surface area (Å²) >= 11 is 9.61. The first-order valence-corrected chi connectivity index (χ1v) is 8.35. The molecule has 0 bridgehead atoms. The zero-order valence-electron chi connectivity index (χ0n) is 9.02. The molecule has 2 N–H and O–H groups in total. The fourth-order valence-corrected chi connectivity index (χ4v) is 4.86. The predicted octanol–water partition coefficient (Wildman–Crippen LogP) is 3.80. The van der Waals surface area contributed by atoms with Crippen molar-refractivity contribution in [1.82, 2.24) is 5.32 Å². The smallest absolute Gasteiger partial charge is 0.253 e. The van der Waals surface area contributed by atoms with Crippen LogP contribution in [0.15, 0.2) is 30.5 Å².